The summed E-state index contributed by atoms with van der Waals surface area (Å²) < 4.78 is 23.9. The summed E-state index contributed by atoms with van der Waals surface area (Å²) >= 11 is 0. The van der Waals surface area contributed by atoms with Crippen molar-refractivity contribution in [3.63, 3.8) is 0 Å². The zero-order valence-corrected chi connectivity index (χ0v) is 19.2. The van der Waals surface area contributed by atoms with E-state index in [9.17, 15) is 18.0 Å². The average molecular weight is 462 g/mol. The first-order valence-electron chi connectivity index (χ1n) is 10.3. The van der Waals surface area contributed by atoms with Gasteiger partial charge in [0, 0.05) is 46.9 Å². The van der Waals surface area contributed by atoms with Crippen molar-refractivity contribution >= 4 is 32.3 Å². The minimum atomic E-state index is -3.40. The molecule has 0 atom stereocenters. The Morgan fingerprint density at radius 1 is 1.03 bits per heavy atom. The quantitative estimate of drug-likeness (QED) is 0.465. The zero-order chi connectivity index (χ0) is 23.8. The highest BCUT2D eigenvalue weighted by Gasteiger charge is 2.33. The van der Waals surface area contributed by atoms with Gasteiger partial charge in [-0.3, -0.25) is 14.6 Å². The van der Waals surface area contributed by atoms with Gasteiger partial charge in [-0.1, -0.05) is 18.2 Å². The number of rotatable bonds is 5. The number of H-pyrrole nitrogens is 1. The molecule has 0 radical (unpaired) electrons. The fourth-order valence-corrected chi connectivity index (χ4v) is 4.07. The minimum Gasteiger partial charge on any atom is -0.329 e. The predicted molar refractivity (Wildman–Crippen MR) is 130 cm³/mol. The minimum absolute atomic E-state index is 0.315. The van der Waals surface area contributed by atoms with Gasteiger partial charge in [0.05, 0.1) is 10.3 Å². The molecule has 0 saturated carbocycles. The molecule has 0 fully saturated rings. The van der Waals surface area contributed by atoms with Gasteiger partial charge in [0.2, 0.25) is 5.56 Å². The molecule has 2 aromatic carbocycles. The molecule has 0 saturated heterocycles. The molecule has 0 unspecified atom stereocenters. The first kappa shape index (κ1) is 22.4. The van der Waals surface area contributed by atoms with Gasteiger partial charge in [0.25, 0.3) is 5.91 Å². The maximum absolute atomic E-state index is 12.8. The highest BCUT2D eigenvalue weighted by atomic mass is 32.2. The van der Waals surface area contributed by atoms with E-state index in [0.29, 0.717) is 22.3 Å². The van der Waals surface area contributed by atoms with Gasteiger partial charge in [-0.2, -0.15) is 0 Å². The molecule has 2 heterocycles. The molecule has 4 rings (SSSR count). The first-order chi connectivity index (χ1) is 15.6. The standard InChI is InChI=1S/C25H23N3O4S/c1-25(2,33(3,31)32)19-13-17-8-5-10-27-23(17)21(14-19)16-6-4-7-18(12-16)24(30)28-20-9-11-26-22(29)15-20/h4-15H,1-3H3,(H2,26,28,29,30). The van der Waals surface area contributed by atoms with Crippen molar-refractivity contribution in [1.29, 1.82) is 0 Å². The average Bonchev–Trinajstić information content (AvgIpc) is 2.77. The predicted octanol–water partition coefficient (Wildman–Crippen LogP) is 4.12. The fourth-order valence-electron chi connectivity index (χ4n) is 3.53. The van der Waals surface area contributed by atoms with Gasteiger partial charge >= 0.3 is 0 Å². The monoisotopic (exact) mass is 461 g/mol. The van der Waals surface area contributed by atoms with Gasteiger partial charge in [-0.15, -0.1) is 0 Å². The van der Waals surface area contributed by atoms with Gasteiger partial charge < -0.3 is 10.3 Å². The molecule has 8 heteroatoms. The summed E-state index contributed by atoms with van der Waals surface area (Å²) in [6.07, 6.45) is 4.36. The second-order valence-electron chi connectivity index (χ2n) is 8.36. The molecule has 0 aliphatic rings. The van der Waals surface area contributed by atoms with E-state index in [-0.39, 0.29) is 11.5 Å². The summed E-state index contributed by atoms with van der Waals surface area (Å²) in [6, 6.07) is 17.3. The topological polar surface area (TPSA) is 109 Å². The van der Waals surface area contributed by atoms with Crippen molar-refractivity contribution in [2.45, 2.75) is 18.6 Å². The van der Waals surface area contributed by atoms with E-state index >= 15 is 0 Å². The van der Waals surface area contributed by atoms with Crippen molar-refractivity contribution in [3.05, 3.63) is 94.5 Å². The number of hydrogen-bond donors (Lipinski definition) is 2. The number of aromatic amines is 1. The largest absolute Gasteiger partial charge is 0.329 e. The molecule has 0 bridgehead atoms. The van der Waals surface area contributed by atoms with Crippen LogP contribution in [0.15, 0.2) is 77.9 Å². The maximum atomic E-state index is 12.8. The van der Waals surface area contributed by atoms with Gasteiger partial charge in [0.1, 0.15) is 0 Å². The highest BCUT2D eigenvalue weighted by molar-refractivity contribution is 7.91. The highest BCUT2D eigenvalue weighted by Crippen LogP contribution is 2.36. The Morgan fingerprint density at radius 2 is 1.82 bits per heavy atom. The second kappa shape index (κ2) is 8.29. The Bertz CT molecular complexity index is 1540. The lowest BCUT2D eigenvalue weighted by molar-refractivity contribution is 0.102. The Labute approximate surface area is 191 Å². The number of carbonyl (C=O) groups is 1. The molecule has 0 aliphatic heterocycles. The molecule has 2 N–H and O–H groups in total. The van der Waals surface area contributed by atoms with Crippen LogP contribution in [-0.4, -0.2) is 30.5 Å². The lowest BCUT2D eigenvalue weighted by atomic mass is 9.93. The van der Waals surface area contributed by atoms with Crippen LogP contribution < -0.4 is 10.9 Å². The number of benzene rings is 2. The van der Waals surface area contributed by atoms with Crippen molar-refractivity contribution in [1.82, 2.24) is 9.97 Å². The van der Waals surface area contributed by atoms with Crippen LogP contribution in [0.2, 0.25) is 0 Å². The molecule has 33 heavy (non-hydrogen) atoms. The molecular weight excluding hydrogens is 438 g/mol. The number of sulfone groups is 1. The van der Waals surface area contributed by atoms with Crippen molar-refractivity contribution in [3.8, 4) is 11.1 Å². The summed E-state index contributed by atoms with van der Waals surface area (Å²) in [4.78, 5) is 31.3. The molecule has 1 amide bonds. The number of nitrogens with zero attached hydrogens (tertiary/aromatic N) is 1. The normalized spacial score (nSPS) is 12.0. The van der Waals surface area contributed by atoms with Crippen LogP contribution in [0.25, 0.3) is 22.0 Å². The third kappa shape index (κ3) is 4.42. The number of amides is 1. The van der Waals surface area contributed by atoms with E-state index in [0.717, 1.165) is 16.5 Å². The van der Waals surface area contributed by atoms with Crippen LogP contribution in [0.4, 0.5) is 5.69 Å². The van der Waals surface area contributed by atoms with Crippen LogP contribution in [0.1, 0.15) is 29.8 Å². The summed E-state index contributed by atoms with van der Waals surface area (Å²) in [7, 11) is -3.40. The summed E-state index contributed by atoms with van der Waals surface area (Å²) in [5.41, 5.74) is 3.26. The van der Waals surface area contributed by atoms with Crippen LogP contribution in [0, 0.1) is 0 Å². The summed E-state index contributed by atoms with van der Waals surface area (Å²) in [6.45, 7) is 3.35. The molecule has 168 valence electrons. The summed E-state index contributed by atoms with van der Waals surface area (Å²) in [5, 5.41) is 3.52. The fraction of sp³-hybridized carbons (Fsp3) is 0.160. The number of aromatic nitrogens is 2. The van der Waals surface area contributed by atoms with Crippen molar-refractivity contribution < 1.29 is 13.2 Å². The lowest BCUT2D eigenvalue weighted by Crippen LogP contribution is -2.28. The van der Waals surface area contributed by atoms with E-state index < -0.39 is 14.6 Å². The Morgan fingerprint density at radius 3 is 2.55 bits per heavy atom. The van der Waals surface area contributed by atoms with E-state index in [4.69, 9.17) is 0 Å². The lowest BCUT2D eigenvalue weighted by Gasteiger charge is -2.24. The molecule has 7 nitrogen and oxygen atoms in total. The second-order valence-corrected chi connectivity index (χ2v) is 10.9. The number of fused-ring (bicyclic) bond motifs is 1. The van der Waals surface area contributed by atoms with Crippen LogP contribution >= 0.6 is 0 Å². The van der Waals surface area contributed by atoms with E-state index in [1.54, 1.807) is 50.4 Å². The number of anilines is 1. The number of carbonyl (C=O) groups excluding carboxylic acids is 1. The zero-order valence-electron chi connectivity index (χ0n) is 18.4. The molecule has 2 aromatic heterocycles. The Hall–Kier alpha value is -3.78. The van der Waals surface area contributed by atoms with E-state index in [1.165, 1.54) is 18.5 Å². The third-order valence-electron chi connectivity index (χ3n) is 5.80. The number of pyridine rings is 2. The Kier molecular flexibility index (Phi) is 5.63. The summed E-state index contributed by atoms with van der Waals surface area (Å²) in [5.74, 6) is -0.368. The van der Waals surface area contributed by atoms with E-state index in [1.807, 2.05) is 24.3 Å². The SMILES string of the molecule is CC(C)(c1cc(-c2cccc(C(=O)Nc3cc[nH]c(=O)c3)c2)c2ncccc2c1)S(C)(=O)=O. The van der Waals surface area contributed by atoms with Gasteiger partial charge in [-0.25, -0.2) is 8.42 Å². The molecule has 0 spiro atoms. The van der Waals surface area contributed by atoms with Crippen molar-refractivity contribution in [2.75, 3.05) is 11.6 Å². The number of nitrogens with one attached hydrogen (secondary N) is 2. The van der Waals surface area contributed by atoms with Crippen molar-refractivity contribution in [2.24, 2.45) is 0 Å². The van der Waals surface area contributed by atoms with E-state index in [2.05, 4.69) is 15.3 Å². The Balaban J connectivity index is 1.82. The van der Waals surface area contributed by atoms with Crippen LogP contribution in [0.5, 0.6) is 0 Å². The number of hydrogen-bond acceptors (Lipinski definition) is 5. The molecule has 4 aromatic rings. The third-order valence-corrected chi connectivity index (χ3v) is 7.89. The van der Waals surface area contributed by atoms with Crippen LogP contribution in [-0.2, 0) is 14.6 Å². The maximum Gasteiger partial charge on any atom is 0.255 e. The first-order valence-corrected chi connectivity index (χ1v) is 12.1. The molecule has 0 aliphatic carbocycles. The van der Waals surface area contributed by atoms with Gasteiger partial charge in [0.15, 0.2) is 9.84 Å². The molecular formula is C25H23N3O4S. The smallest absolute Gasteiger partial charge is 0.255 e. The van der Waals surface area contributed by atoms with Crippen LogP contribution in [0.3, 0.4) is 0 Å². The van der Waals surface area contributed by atoms with Gasteiger partial charge in [-0.05, 0) is 61.4 Å².